The van der Waals surface area contributed by atoms with E-state index in [4.69, 9.17) is 5.11 Å². The van der Waals surface area contributed by atoms with Gasteiger partial charge in [-0.1, -0.05) is 27.7 Å². The topological polar surface area (TPSA) is 66.4 Å². The Kier molecular flexibility index (Phi) is 7.05. The lowest BCUT2D eigenvalue weighted by Gasteiger charge is -2.21. The molecule has 1 aromatic carbocycles. The maximum Gasteiger partial charge on any atom is 0.251 e. The third kappa shape index (κ3) is 5.25. The maximum atomic E-state index is 12.2. The molecule has 0 fully saturated rings. The summed E-state index contributed by atoms with van der Waals surface area (Å²) >= 11 is 0. The van der Waals surface area contributed by atoms with Crippen molar-refractivity contribution in [1.29, 1.82) is 0 Å². The number of carbonyl (C=O) groups is 1. The van der Waals surface area contributed by atoms with Gasteiger partial charge in [-0.2, -0.15) is 0 Å². The molecular weight excluding hydrogens is 286 g/mol. The van der Waals surface area contributed by atoms with Crippen molar-refractivity contribution in [3.8, 4) is 0 Å². The molecule has 0 spiro atoms. The van der Waals surface area contributed by atoms with Gasteiger partial charge in [-0.15, -0.1) is 0 Å². The third-order valence-electron chi connectivity index (χ3n) is 3.34. The third-order valence-corrected chi connectivity index (χ3v) is 4.93. The van der Waals surface area contributed by atoms with Crippen LogP contribution in [-0.4, -0.2) is 33.1 Å². The van der Waals surface area contributed by atoms with Crippen LogP contribution in [-0.2, 0) is 10.8 Å². The zero-order valence-corrected chi connectivity index (χ0v) is 13.9. The number of nitrogens with one attached hydrogen (secondary N) is 1. The minimum absolute atomic E-state index is 0.0491. The van der Waals surface area contributed by atoms with Gasteiger partial charge in [0.1, 0.15) is 0 Å². The summed E-state index contributed by atoms with van der Waals surface area (Å²) in [7, 11) is -1.04. The Hall–Kier alpha value is -1.20. The van der Waals surface area contributed by atoms with Gasteiger partial charge in [0.15, 0.2) is 0 Å². The molecule has 118 valence electrons. The first kappa shape index (κ1) is 17.9. The lowest BCUT2D eigenvalue weighted by Crippen LogP contribution is -2.39. The van der Waals surface area contributed by atoms with Crippen LogP contribution in [0.15, 0.2) is 29.2 Å². The number of rotatable bonds is 7. The Labute approximate surface area is 129 Å². The highest BCUT2D eigenvalue weighted by Crippen LogP contribution is 2.13. The molecule has 2 atom stereocenters. The zero-order valence-electron chi connectivity index (χ0n) is 13.1. The first-order valence-electron chi connectivity index (χ1n) is 7.29. The van der Waals surface area contributed by atoms with Crippen LogP contribution in [0.2, 0.25) is 0 Å². The summed E-state index contributed by atoms with van der Waals surface area (Å²) in [5.74, 6) is 0.0952. The maximum absolute atomic E-state index is 12.2. The van der Waals surface area contributed by atoms with Gasteiger partial charge in [0, 0.05) is 28.4 Å². The quantitative estimate of drug-likeness (QED) is 0.812. The van der Waals surface area contributed by atoms with E-state index in [0.717, 1.165) is 4.90 Å². The van der Waals surface area contributed by atoms with E-state index in [2.05, 4.69) is 5.32 Å². The summed E-state index contributed by atoms with van der Waals surface area (Å²) in [5.41, 5.74) is 0.545. The number of hydrogen-bond donors (Lipinski definition) is 2. The van der Waals surface area contributed by atoms with Gasteiger partial charge >= 0.3 is 0 Å². The molecule has 4 nitrogen and oxygen atoms in total. The number of aliphatic hydroxyl groups is 1. The van der Waals surface area contributed by atoms with Crippen molar-refractivity contribution in [1.82, 2.24) is 5.32 Å². The molecule has 5 heteroatoms. The molecule has 21 heavy (non-hydrogen) atoms. The van der Waals surface area contributed by atoms with Crippen molar-refractivity contribution in [3.05, 3.63) is 29.8 Å². The summed E-state index contributed by atoms with van der Waals surface area (Å²) in [6.07, 6.45) is 0.541. The van der Waals surface area contributed by atoms with Crippen molar-refractivity contribution in [2.24, 2.45) is 5.92 Å². The van der Waals surface area contributed by atoms with Crippen molar-refractivity contribution < 1.29 is 14.1 Å². The van der Waals surface area contributed by atoms with Crippen LogP contribution in [0.5, 0.6) is 0 Å². The molecule has 0 aliphatic heterocycles. The normalized spacial score (nSPS) is 14.2. The fourth-order valence-corrected chi connectivity index (χ4v) is 2.92. The molecular formula is C16H25NO3S. The summed E-state index contributed by atoms with van der Waals surface area (Å²) in [6, 6.07) is 6.82. The number of carbonyl (C=O) groups excluding carboxylic acids is 1. The van der Waals surface area contributed by atoms with Gasteiger partial charge in [0.25, 0.3) is 5.91 Å². The highest BCUT2D eigenvalue weighted by atomic mass is 32.2. The van der Waals surface area contributed by atoms with Gasteiger partial charge in [-0.3, -0.25) is 9.00 Å². The Bertz CT molecular complexity index is 483. The highest BCUT2D eigenvalue weighted by Gasteiger charge is 2.17. The van der Waals surface area contributed by atoms with Crippen LogP contribution >= 0.6 is 0 Å². The Morgan fingerprint density at radius 2 is 1.76 bits per heavy atom. The summed E-state index contributed by atoms with van der Waals surface area (Å²) in [4.78, 5) is 12.9. The van der Waals surface area contributed by atoms with Crippen molar-refractivity contribution in [3.63, 3.8) is 0 Å². The second kappa shape index (κ2) is 8.29. The Morgan fingerprint density at radius 1 is 1.19 bits per heavy atom. The molecule has 0 aliphatic rings. The van der Waals surface area contributed by atoms with Crippen LogP contribution in [0.3, 0.4) is 0 Å². The minimum atomic E-state index is -1.04. The number of aliphatic hydroxyl groups excluding tert-OH is 1. The molecule has 0 aromatic heterocycles. The van der Waals surface area contributed by atoms with Crippen molar-refractivity contribution in [2.45, 2.75) is 50.3 Å². The second-order valence-corrected chi connectivity index (χ2v) is 7.72. The lowest BCUT2D eigenvalue weighted by molar-refractivity contribution is 0.0916. The van der Waals surface area contributed by atoms with Crippen LogP contribution < -0.4 is 5.32 Å². The predicted octanol–water partition coefficient (Wildman–Crippen LogP) is 2.34. The van der Waals surface area contributed by atoms with Gasteiger partial charge < -0.3 is 10.4 Å². The molecule has 1 amide bonds. The van der Waals surface area contributed by atoms with Gasteiger partial charge in [0.2, 0.25) is 0 Å². The summed E-state index contributed by atoms with van der Waals surface area (Å²) in [6.45, 7) is 7.87. The first-order valence-corrected chi connectivity index (χ1v) is 8.50. The van der Waals surface area contributed by atoms with E-state index < -0.39 is 10.8 Å². The van der Waals surface area contributed by atoms with Crippen LogP contribution in [0.1, 0.15) is 44.5 Å². The van der Waals surface area contributed by atoms with E-state index in [9.17, 15) is 9.00 Å². The molecule has 0 aliphatic carbocycles. The van der Waals surface area contributed by atoms with Crippen LogP contribution in [0.4, 0.5) is 0 Å². The van der Waals surface area contributed by atoms with Gasteiger partial charge in [0.05, 0.1) is 10.8 Å². The lowest BCUT2D eigenvalue weighted by atomic mass is 10.0. The van der Waals surface area contributed by atoms with E-state index in [0.29, 0.717) is 12.0 Å². The second-order valence-electron chi connectivity index (χ2n) is 5.71. The van der Waals surface area contributed by atoms with E-state index in [-0.39, 0.29) is 29.7 Å². The standard InChI is InChI=1S/C16H25NO3S/c1-11(2)15(9-10-18)17-16(19)13-5-7-14(8-6-13)21(20)12(3)4/h5-8,11-12,15,18H,9-10H2,1-4H3,(H,17,19). The molecule has 0 bridgehead atoms. The number of hydrogen-bond acceptors (Lipinski definition) is 3. The molecule has 1 rings (SSSR count). The van der Waals surface area contributed by atoms with Crippen molar-refractivity contribution >= 4 is 16.7 Å². The van der Waals surface area contributed by atoms with Gasteiger partial charge in [-0.25, -0.2) is 0 Å². The van der Waals surface area contributed by atoms with Crippen LogP contribution in [0.25, 0.3) is 0 Å². The monoisotopic (exact) mass is 311 g/mol. The van der Waals surface area contributed by atoms with E-state index >= 15 is 0 Å². The molecule has 2 unspecified atom stereocenters. The smallest absolute Gasteiger partial charge is 0.251 e. The molecule has 0 saturated carbocycles. The fraction of sp³-hybridized carbons (Fsp3) is 0.562. The molecule has 0 saturated heterocycles. The summed E-state index contributed by atoms with van der Waals surface area (Å²) < 4.78 is 12.0. The van der Waals surface area contributed by atoms with E-state index in [1.54, 1.807) is 24.3 Å². The first-order chi connectivity index (χ1) is 9.86. The molecule has 1 aromatic rings. The van der Waals surface area contributed by atoms with E-state index in [1.165, 1.54) is 0 Å². The molecule has 0 radical (unpaired) electrons. The average molecular weight is 311 g/mol. The van der Waals surface area contributed by atoms with Gasteiger partial charge in [-0.05, 0) is 36.6 Å². The Balaban J connectivity index is 2.77. The molecule has 2 N–H and O–H groups in total. The zero-order chi connectivity index (χ0) is 16.0. The van der Waals surface area contributed by atoms with Crippen LogP contribution in [0, 0.1) is 5.92 Å². The van der Waals surface area contributed by atoms with Crippen molar-refractivity contribution in [2.75, 3.05) is 6.61 Å². The SMILES string of the molecule is CC(C)C(CCO)NC(=O)c1ccc(S(=O)C(C)C)cc1. The highest BCUT2D eigenvalue weighted by molar-refractivity contribution is 7.85. The molecule has 0 heterocycles. The minimum Gasteiger partial charge on any atom is -0.396 e. The number of benzene rings is 1. The largest absolute Gasteiger partial charge is 0.396 e. The van der Waals surface area contributed by atoms with E-state index in [1.807, 2.05) is 27.7 Å². The average Bonchev–Trinajstić information content (AvgIpc) is 2.45. The Morgan fingerprint density at radius 3 is 2.19 bits per heavy atom. The fourth-order valence-electron chi connectivity index (χ4n) is 1.98. The number of amides is 1. The predicted molar refractivity (Wildman–Crippen MR) is 85.8 cm³/mol. The summed E-state index contributed by atoms with van der Waals surface area (Å²) in [5, 5.41) is 12.0.